The number of hydrogen-bond donors (Lipinski definition) is 0. The first kappa shape index (κ1) is 7.75. The van der Waals surface area contributed by atoms with Gasteiger partial charge >= 0.3 is 0 Å². The summed E-state index contributed by atoms with van der Waals surface area (Å²) in [6, 6.07) is 0. The molecule has 0 amide bonds. The maximum absolute atomic E-state index is 10.8. The molecule has 0 spiro atoms. The molecule has 0 aromatic rings. The SMILES string of the molecule is CC#CP(C)(=O)OC. The highest BCUT2D eigenvalue weighted by molar-refractivity contribution is 7.63. The van der Waals surface area contributed by atoms with E-state index in [-0.39, 0.29) is 0 Å². The summed E-state index contributed by atoms with van der Waals surface area (Å²) in [5, 5.41) is 0. The summed E-state index contributed by atoms with van der Waals surface area (Å²) in [7, 11) is -1.14. The predicted octanol–water partition coefficient (Wildman–Crippen LogP) is 1.52. The quantitative estimate of drug-likeness (QED) is 0.399. The van der Waals surface area contributed by atoms with Crippen molar-refractivity contribution in [1.82, 2.24) is 0 Å². The Bertz CT molecular complexity index is 163. The molecule has 3 heteroatoms. The van der Waals surface area contributed by atoms with Gasteiger partial charge in [-0.1, -0.05) is 5.92 Å². The van der Waals surface area contributed by atoms with Crippen LogP contribution in [0.5, 0.6) is 0 Å². The van der Waals surface area contributed by atoms with Crippen molar-refractivity contribution in [3.8, 4) is 11.6 Å². The molecular formula is C5H9O2P. The number of hydrogen-bond acceptors (Lipinski definition) is 2. The second kappa shape index (κ2) is 2.91. The molecule has 0 heterocycles. The minimum Gasteiger partial charge on any atom is -0.323 e. The molecule has 1 unspecified atom stereocenters. The summed E-state index contributed by atoms with van der Waals surface area (Å²) in [5.74, 6) is 2.52. The lowest BCUT2D eigenvalue weighted by Crippen LogP contribution is -1.74. The largest absolute Gasteiger partial charge is 0.323 e. The fraction of sp³-hybridized carbons (Fsp3) is 0.600. The van der Waals surface area contributed by atoms with Gasteiger partial charge in [0.2, 0.25) is 0 Å². The van der Waals surface area contributed by atoms with Crippen LogP contribution in [0.3, 0.4) is 0 Å². The fourth-order valence-corrected chi connectivity index (χ4v) is 0.746. The summed E-state index contributed by atoms with van der Waals surface area (Å²) >= 11 is 0. The first-order chi connectivity index (χ1) is 3.62. The molecule has 0 fully saturated rings. The van der Waals surface area contributed by atoms with Gasteiger partial charge in [0.1, 0.15) is 0 Å². The van der Waals surface area contributed by atoms with Gasteiger partial charge < -0.3 is 4.52 Å². The molecule has 0 aromatic heterocycles. The first-order valence-electron chi connectivity index (χ1n) is 2.19. The summed E-state index contributed by atoms with van der Waals surface area (Å²) < 4.78 is 15.3. The highest BCUT2D eigenvalue weighted by atomic mass is 31.2. The predicted molar refractivity (Wildman–Crippen MR) is 34.0 cm³/mol. The highest BCUT2D eigenvalue weighted by Crippen LogP contribution is 2.39. The van der Waals surface area contributed by atoms with Gasteiger partial charge in [-0.3, -0.25) is 4.57 Å². The smallest absolute Gasteiger partial charge is 0.270 e. The van der Waals surface area contributed by atoms with Crippen LogP contribution in [0, 0.1) is 11.6 Å². The maximum Gasteiger partial charge on any atom is 0.270 e. The van der Waals surface area contributed by atoms with Gasteiger partial charge in [0.15, 0.2) is 0 Å². The van der Waals surface area contributed by atoms with E-state index in [1.165, 1.54) is 13.8 Å². The van der Waals surface area contributed by atoms with Crippen molar-refractivity contribution in [2.45, 2.75) is 6.92 Å². The molecule has 0 aliphatic carbocycles. The molecule has 2 nitrogen and oxygen atoms in total. The van der Waals surface area contributed by atoms with Crippen LogP contribution in [0.2, 0.25) is 0 Å². The van der Waals surface area contributed by atoms with Crippen LogP contribution < -0.4 is 0 Å². The lowest BCUT2D eigenvalue weighted by atomic mass is 10.8. The minimum absolute atomic E-state index is 1.39. The third kappa shape index (κ3) is 2.85. The molecule has 0 aliphatic rings. The average Bonchev–Trinajstić information content (AvgIpc) is 1.67. The second-order valence-corrected chi connectivity index (χ2v) is 3.67. The van der Waals surface area contributed by atoms with E-state index in [4.69, 9.17) is 0 Å². The van der Waals surface area contributed by atoms with Crippen molar-refractivity contribution in [3.63, 3.8) is 0 Å². The van der Waals surface area contributed by atoms with Crippen LogP contribution in [0.4, 0.5) is 0 Å². The van der Waals surface area contributed by atoms with Gasteiger partial charge in [0.05, 0.1) is 0 Å². The second-order valence-electron chi connectivity index (χ2n) is 1.39. The van der Waals surface area contributed by atoms with E-state index in [0.717, 1.165) is 0 Å². The molecule has 0 saturated carbocycles. The minimum atomic E-state index is -2.53. The van der Waals surface area contributed by atoms with Gasteiger partial charge in [0, 0.05) is 13.8 Å². The van der Waals surface area contributed by atoms with Crippen molar-refractivity contribution in [3.05, 3.63) is 0 Å². The zero-order chi connectivity index (χ0) is 6.62. The summed E-state index contributed by atoms with van der Waals surface area (Å²) in [6.45, 7) is 3.12. The Morgan fingerprint density at radius 1 is 1.62 bits per heavy atom. The maximum atomic E-state index is 10.8. The van der Waals surface area contributed by atoms with Gasteiger partial charge in [-0.15, -0.1) is 0 Å². The Kier molecular flexibility index (Phi) is 2.82. The molecule has 0 N–H and O–H groups in total. The van der Waals surface area contributed by atoms with E-state index in [2.05, 4.69) is 16.1 Å². The summed E-state index contributed by atoms with van der Waals surface area (Å²) in [6.07, 6.45) is 0. The first-order valence-corrected chi connectivity index (χ1v) is 4.27. The van der Waals surface area contributed by atoms with Crippen molar-refractivity contribution >= 4 is 7.37 Å². The molecule has 0 bridgehead atoms. The Hall–Kier alpha value is -0.250. The Morgan fingerprint density at radius 2 is 2.12 bits per heavy atom. The van der Waals surface area contributed by atoms with E-state index in [1.54, 1.807) is 6.92 Å². The van der Waals surface area contributed by atoms with Gasteiger partial charge in [0.25, 0.3) is 7.37 Å². The van der Waals surface area contributed by atoms with Crippen molar-refractivity contribution < 1.29 is 9.09 Å². The molecule has 0 rings (SSSR count). The van der Waals surface area contributed by atoms with E-state index >= 15 is 0 Å². The van der Waals surface area contributed by atoms with Crippen molar-refractivity contribution in [2.75, 3.05) is 13.8 Å². The standard InChI is InChI=1S/C5H9O2P/c1-4-5-8(3,6)7-2/h1-3H3. The molecule has 1 atom stereocenters. The zero-order valence-electron chi connectivity index (χ0n) is 5.26. The molecule has 0 aromatic carbocycles. The third-order valence-electron chi connectivity index (χ3n) is 0.663. The third-order valence-corrected chi connectivity index (χ3v) is 1.99. The Labute approximate surface area is 49.7 Å². The van der Waals surface area contributed by atoms with E-state index in [9.17, 15) is 4.57 Å². The Morgan fingerprint density at radius 3 is 2.25 bits per heavy atom. The van der Waals surface area contributed by atoms with Gasteiger partial charge in [-0.05, 0) is 12.6 Å². The van der Waals surface area contributed by atoms with E-state index < -0.39 is 7.37 Å². The van der Waals surface area contributed by atoms with Crippen LogP contribution in [0.25, 0.3) is 0 Å². The summed E-state index contributed by atoms with van der Waals surface area (Å²) in [4.78, 5) is 0. The van der Waals surface area contributed by atoms with Crippen LogP contribution in [0.1, 0.15) is 6.92 Å². The highest BCUT2D eigenvalue weighted by Gasteiger charge is 2.05. The topological polar surface area (TPSA) is 26.3 Å². The van der Waals surface area contributed by atoms with Gasteiger partial charge in [-0.2, -0.15) is 0 Å². The van der Waals surface area contributed by atoms with Crippen molar-refractivity contribution in [1.29, 1.82) is 0 Å². The molecule has 8 heavy (non-hydrogen) atoms. The van der Waals surface area contributed by atoms with Crippen LogP contribution in [-0.4, -0.2) is 13.8 Å². The lowest BCUT2D eigenvalue weighted by Gasteiger charge is -1.97. The normalized spacial score (nSPS) is 15.9. The van der Waals surface area contributed by atoms with Crippen LogP contribution >= 0.6 is 7.37 Å². The average molecular weight is 132 g/mol. The fourth-order valence-electron chi connectivity index (χ4n) is 0.249. The number of rotatable bonds is 1. The monoisotopic (exact) mass is 132 g/mol. The van der Waals surface area contributed by atoms with Crippen LogP contribution in [0.15, 0.2) is 0 Å². The lowest BCUT2D eigenvalue weighted by molar-refractivity contribution is 0.409. The zero-order valence-corrected chi connectivity index (χ0v) is 6.16. The van der Waals surface area contributed by atoms with E-state index in [1.807, 2.05) is 0 Å². The van der Waals surface area contributed by atoms with E-state index in [0.29, 0.717) is 0 Å². The molecule has 0 radical (unpaired) electrons. The molecular weight excluding hydrogens is 123 g/mol. The Balaban J connectivity index is 4.08. The molecule has 0 aliphatic heterocycles. The molecule has 46 valence electrons. The van der Waals surface area contributed by atoms with Crippen molar-refractivity contribution in [2.24, 2.45) is 0 Å². The van der Waals surface area contributed by atoms with Gasteiger partial charge in [-0.25, -0.2) is 0 Å². The van der Waals surface area contributed by atoms with Crippen LogP contribution in [-0.2, 0) is 9.09 Å². The summed E-state index contributed by atoms with van der Waals surface area (Å²) in [5.41, 5.74) is 2.45. The molecule has 0 saturated heterocycles.